The normalized spacial score (nSPS) is 10.7. The predicted molar refractivity (Wildman–Crippen MR) is 47.6 cm³/mol. The molecule has 1 aromatic rings. The molecule has 0 aliphatic heterocycles. The summed E-state index contributed by atoms with van der Waals surface area (Å²) < 4.78 is 5.03. The lowest BCUT2D eigenvalue weighted by atomic mass is 10.3. The van der Waals surface area contributed by atoms with Crippen molar-refractivity contribution < 1.29 is 14.3 Å². The Kier molecular flexibility index (Phi) is 3.08. The lowest BCUT2D eigenvalue weighted by Crippen LogP contribution is -2.21. The molecule has 0 aromatic carbocycles. The maximum Gasteiger partial charge on any atom is 0.338 e. The molecule has 1 rings (SSSR count). The highest BCUT2D eigenvalue weighted by molar-refractivity contribution is 5.87. The fourth-order valence-electron chi connectivity index (χ4n) is 0.890. The fraction of sp³-hybridized carbons (Fsp3) is 0.444. The summed E-state index contributed by atoms with van der Waals surface area (Å²) in [6.07, 6.45) is 1.25. The van der Waals surface area contributed by atoms with Crippen molar-refractivity contribution in [3.63, 3.8) is 0 Å². The second kappa shape index (κ2) is 4.09. The summed E-state index contributed by atoms with van der Waals surface area (Å²) in [5.74, 6) is -0.314. The van der Waals surface area contributed by atoms with E-state index in [1.165, 1.54) is 12.3 Å². The van der Waals surface area contributed by atoms with Gasteiger partial charge in [0, 0.05) is 6.04 Å². The van der Waals surface area contributed by atoms with E-state index in [-0.39, 0.29) is 5.56 Å². The summed E-state index contributed by atoms with van der Waals surface area (Å²) in [6.45, 7) is 4.59. The van der Waals surface area contributed by atoms with Crippen molar-refractivity contribution in [2.75, 3.05) is 0 Å². The molecule has 0 radical (unpaired) electrons. The third kappa shape index (κ3) is 2.91. The number of aromatic carboxylic acids is 1. The SMILES string of the molecule is CC(C)NCc1cc(C(=O)O)co1. The van der Waals surface area contributed by atoms with Crippen LogP contribution in [0.3, 0.4) is 0 Å². The number of carboxylic acids is 1. The summed E-state index contributed by atoms with van der Waals surface area (Å²) in [7, 11) is 0. The number of furan rings is 1. The Bertz CT molecular complexity index is 291. The average molecular weight is 183 g/mol. The minimum absolute atomic E-state index is 0.195. The Labute approximate surface area is 76.6 Å². The first-order valence-corrected chi connectivity index (χ1v) is 4.13. The first kappa shape index (κ1) is 9.80. The monoisotopic (exact) mass is 183 g/mol. The van der Waals surface area contributed by atoms with Gasteiger partial charge in [-0.2, -0.15) is 0 Å². The average Bonchev–Trinajstić information content (AvgIpc) is 2.48. The Morgan fingerprint density at radius 1 is 1.69 bits per heavy atom. The van der Waals surface area contributed by atoms with Crippen LogP contribution in [0, 0.1) is 0 Å². The van der Waals surface area contributed by atoms with Gasteiger partial charge < -0.3 is 14.8 Å². The van der Waals surface area contributed by atoms with E-state index < -0.39 is 5.97 Å². The molecule has 0 aliphatic rings. The smallest absolute Gasteiger partial charge is 0.338 e. The van der Waals surface area contributed by atoms with Crippen LogP contribution in [0.1, 0.15) is 30.0 Å². The van der Waals surface area contributed by atoms with Crippen LogP contribution in [0.25, 0.3) is 0 Å². The molecule has 1 heterocycles. The molecule has 13 heavy (non-hydrogen) atoms. The van der Waals surface area contributed by atoms with Crippen LogP contribution >= 0.6 is 0 Å². The molecule has 0 saturated heterocycles. The Hall–Kier alpha value is -1.29. The van der Waals surface area contributed by atoms with Crippen LogP contribution in [-0.2, 0) is 6.54 Å². The second-order valence-electron chi connectivity index (χ2n) is 3.14. The van der Waals surface area contributed by atoms with Crippen LogP contribution in [-0.4, -0.2) is 17.1 Å². The highest BCUT2D eigenvalue weighted by atomic mass is 16.4. The van der Waals surface area contributed by atoms with Crippen LogP contribution < -0.4 is 5.32 Å². The third-order valence-electron chi connectivity index (χ3n) is 1.59. The summed E-state index contributed by atoms with van der Waals surface area (Å²) in [5, 5.41) is 11.7. The molecular formula is C9H13NO3. The number of hydrogen-bond donors (Lipinski definition) is 2. The minimum atomic E-state index is -0.959. The van der Waals surface area contributed by atoms with E-state index >= 15 is 0 Å². The van der Waals surface area contributed by atoms with Crippen LogP contribution in [0.15, 0.2) is 16.7 Å². The number of nitrogens with one attached hydrogen (secondary N) is 1. The van der Waals surface area contributed by atoms with Crippen molar-refractivity contribution in [3.8, 4) is 0 Å². The minimum Gasteiger partial charge on any atom is -0.478 e. The van der Waals surface area contributed by atoms with E-state index in [9.17, 15) is 4.79 Å². The van der Waals surface area contributed by atoms with Crippen LogP contribution in [0.2, 0.25) is 0 Å². The van der Waals surface area contributed by atoms with Gasteiger partial charge in [0.25, 0.3) is 0 Å². The van der Waals surface area contributed by atoms with Gasteiger partial charge in [-0.15, -0.1) is 0 Å². The summed E-state index contributed by atoms with van der Waals surface area (Å²) >= 11 is 0. The van der Waals surface area contributed by atoms with Gasteiger partial charge in [-0.05, 0) is 6.07 Å². The molecule has 4 heteroatoms. The molecular weight excluding hydrogens is 170 g/mol. The molecule has 2 N–H and O–H groups in total. The van der Waals surface area contributed by atoms with E-state index in [1.807, 2.05) is 13.8 Å². The maximum atomic E-state index is 10.5. The van der Waals surface area contributed by atoms with Gasteiger partial charge in [0.2, 0.25) is 0 Å². The molecule has 0 aliphatic carbocycles. The molecule has 72 valence electrons. The Morgan fingerprint density at radius 2 is 2.38 bits per heavy atom. The maximum absolute atomic E-state index is 10.5. The van der Waals surface area contributed by atoms with Gasteiger partial charge in [0.1, 0.15) is 12.0 Å². The Morgan fingerprint density at radius 3 is 2.85 bits per heavy atom. The molecule has 0 amide bonds. The number of hydrogen-bond acceptors (Lipinski definition) is 3. The molecule has 0 spiro atoms. The summed E-state index contributed by atoms with van der Waals surface area (Å²) in [5.41, 5.74) is 0.195. The first-order valence-electron chi connectivity index (χ1n) is 4.13. The lowest BCUT2D eigenvalue weighted by molar-refractivity contribution is 0.0696. The highest BCUT2D eigenvalue weighted by Gasteiger charge is 2.07. The lowest BCUT2D eigenvalue weighted by Gasteiger charge is -2.04. The highest BCUT2D eigenvalue weighted by Crippen LogP contribution is 2.07. The zero-order valence-electron chi connectivity index (χ0n) is 7.70. The third-order valence-corrected chi connectivity index (χ3v) is 1.59. The van der Waals surface area contributed by atoms with Gasteiger partial charge in [-0.25, -0.2) is 4.79 Å². The molecule has 0 unspecified atom stereocenters. The molecule has 4 nitrogen and oxygen atoms in total. The quantitative estimate of drug-likeness (QED) is 0.742. The first-order chi connectivity index (χ1) is 6.09. The van der Waals surface area contributed by atoms with Gasteiger partial charge in [-0.1, -0.05) is 13.8 Å². The number of rotatable bonds is 4. The van der Waals surface area contributed by atoms with E-state index in [2.05, 4.69) is 5.32 Å². The predicted octanol–water partition coefficient (Wildman–Crippen LogP) is 1.48. The van der Waals surface area contributed by atoms with Crippen molar-refractivity contribution >= 4 is 5.97 Å². The van der Waals surface area contributed by atoms with Crippen molar-refractivity contribution in [2.45, 2.75) is 26.4 Å². The van der Waals surface area contributed by atoms with Crippen LogP contribution in [0.4, 0.5) is 0 Å². The fourth-order valence-corrected chi connectivity index (χ4v) is 0.890. The standard InChI is InChI=1S/C9H13NO3/c1-6(2)10-4-8-3-7(5-13-8)9(11)12/h3,5-6,10H,4H2,1-2H3,(H,11,12). The van der Waals surface area contributed by atoms with E-state index in [1.54, 1.807) is 0 Å². The van der Waals surface area contributed by atoms with E-state index in [4.69, 9.17) is 9.52 Å². The van der Waals surface area contributed by atoms with E-state index in [0.29, 0.717) is 18.3 Å². The summed E-state index contributed by atoms with van der Waals surface area (Å²) in [6, 6.07) is 1.89. The number of carboxylic acid groups (broad SMARTS) is 1. The van der Waals surface area contributed by atoms with Crippen molar-refractivity contribution in [3.05, 3.63) is 23.7 Å². The molecule has 1 aromatic heterocycles. The van der Waals surface area contributed by atoms with Crippen molar-refractivity contribution in [2.24, 2.45) is 0 Å². The van der Waals surface area contributed by atoms with Crippen LogP contribution in [0.5, 0.6) is 0 Å². The zero-order valence-corrected chi connectivity index (χ0v) is 7.70. The zero-order chi connectivity index (χ0) is 9.84. The van der Waals surface area contributed by atoms with Crippen molar-refractivity contribution in [1.29, 1.82) is 0 Å². The van der Waals surface area contributed by atoms with Gasteiger partial charge in [-0.3, -0.25) is 0 Å². The second-order valence-corrected chi connectivity index (χ2v) is 3.14. The Balaban J connectivity index is 2.54. The van der Waals surface area contributed by atoms with E-state index in [0.717, 1.165) is 0 Å². The molecule has 0 saturated carbocycles. The topological polar surface area (TPSA) is 62.5 Å². The van der Waals surface area contributed by atoms with Gasteiger partial charge in [0.05, 0.1) is 12.1 Å². The number of carbonyl (C=O) groups is 1. The van der Waals surface area contributed by atoms with Crippen molar-refractivity contribution in [1.82, 2.24) is 5.32 Å². The molecule has 0 bridgehead atoms. The molecule has 0 atom stereocenters. The van der Waals surface area contributed by atoms with Gasteiger partial charge >= 0.3 is 5.97 Å². The summed E-state index contributed by atoms with van der Waals surface area (Å²) in [4.78, 5) is 10.5. The van der Waals surface area contributed by atoms with Gasteiger partial charge in [0.15, 0.2) is 0 Å². The largest absolute Gasteiger partial charge is 0.478 e. The molecule has 0 fully saturated rings.